The van der Waals surface area contributed by atoms with Crippen LogP contribution in [0.2, 0.25) is 0 Å². The Balaban J connectivity index is -0.000000137. The average Bonchev–Trinajstić information content (AvgIpc) is 3.05. The van der Waals surface area contributed by atoms with Crippen LogP contribution in [0.15, 0.2) is 0 Å². The molecule has 0 saturated carbocycles. The quantitative estimate of drug-likeness (QED) is 0.108. The van der Waals surface area contributed by atoms with Crippen molar-refractivity contribution in [1.82, 2.24) is 0 Å². The Labute approximate surface area is 370 Å². The summed E-state index contributed by atoms with van der Waals surface area (Å²) in [5, 5.41) is 0. The third-order valence-electron chi connectivity index (χ3n) is 13.4. The van der Waals surface area contributed by atoms with E-state index in [9.17, 15) is 0 Å². The highest BCUT2D eigenvalue weighted by Crippen LogP contribution is 2.28. The van der Waals surface area contributed by atoms with Crippen molar-refractivity contribution in [3.63, 3.8) is 0 Å². The van der Waals surface area contributed by atoms with Gasteiger partial charge < -0.3 is 0 Å². The molecule has 0 aliphatic carbocycles. The number of rotatable bonds is 21. The Kier molecular flexibility index (Phi) is 51.5. The molecule has 0 aromatic carbocycles. The van der Waals surface area contributed by atoms with Gasteiger partial charge in [-0.1, -0.05) is 259 Å². The van der Waals surface area contributed by atoms with Crippen molar-refractivity contribution in [2.45, 2.75) is 265 Å². The lowest BCUT2D eigenvalue weighted by Crippen LogP contribution is -2.21. The largest absolute Gasteiger partial charge is 0.0654 e. The average molecular weight is 812 g/mol. The summed E-state index contributed by atoms with van der Waals surface area (Å²) in [4.78, 5) is 0. The van der Waals surface area contributed by atoms with Gasteiger partial charge in [0.2, 0.25) is 0 Å². The molecule has 1 atom stereocenters. The van der Waals surface area contributed by atoms with Gasteiger partial charge in [-0.15, -0.1) is 0 Å². The van der Waals surface area contributed by atoms with Gasteiger partial charge in [0, 0.05) is 0 Å². The van der Waals surface area contributed by atoms with E-state index in [0.29, 0.717) is 0 Å². The van der Waals surface area contributed by atoms with Crippen LogP contribution in [0.3, 0.4) is 0 Å². The van der Waals surface area contributed by atoms with Crippen molar-refractivity contribution >= 4 is 0 Å². The van der Waals surface area contributed by atoms with Crippen molar-refractivity contribution in [2.24, 2.45) is 107 Å². The van der Waals surface area contributed by atoms with Crippen LogP contribution in [0.4, 0.5) is 0 Å². The minimum atomic E-state index is 0.833. The molecule has 0 saturated heterocycles. The van der Waals surface area contributed by atoms with Crippen LogP contribution in [0.25, 0.3) is 0 Å². The maximum absolute atomic E-state index is 2.34. The molecule has 0 aromatic heterocycles. The van der Waals surface area contributed by atoms with E-state index < -0.39 is 0 Å². The Morgan fingerprint density at radius 2 is 0.561 bits per heavy atom. The van der Waals surface area contributed by atoms with Crippen molar-refractivity contribution in [2.75, 3.05) is 0 Å². The maximum Gasteiger partial charge on any atom is -0.0345 e. The van der Waals surface area contributed by atoms with E-state index in [0.717, 1.165) is 107 Å². The van der Waals surface area contributed by atoms with Crippen molar-refractivity contribution in [3.05, 3.63) is 0 Å². The van der Waals surface area contributed by atoms with E-state index in [2.05, 4.69) is 208 Å². The first-order valence-electron chi connectivity index (χ1n) is 26.0. The monoisotopic (exact) mass is 811 g/mol. The predicted octanol–water partition coefficient (Wildman–Crippen LogP) is 21.1. The molecular weight excluding hydrogens is 685 g/mol. The Bertz CT molecular complexity index is 674. The van der Waals surface area contributed by atoms with Gasteiger partial charge in [-0.05, 0) is 113 Å². The SMILES string of the molecule is CC(C)C(C(C)C)C(C)C.CC(C)C(C)C(C)C.CCC(C(C)C)C(C)C.CCC(CC(C)C)C(C)C.CCCC(C(C)C)C(C)C.CCCC(CCC)C(C)C. The smallest absolute Gasteiger partial charge is 0.0345 e. The lowest BCUT2D eigenvalue weighted by molar-refractivity contribution is 0.212. The summed E-state index contributed by atoms with van der Waals surface area (Å²) < 4.78 is 0. The first-order valence-corrected chi connectivity index (χ1v) is 26.0. The fourth-order valence-corrected chi connectivity index (χ4v) is 9.63. The highest BCUT2D eigenvalue weighted by Gasteiger charge is 2.20. The highest BCUT2D eigenvalue weighted by molar-refractivity contribution is 4.70. The van der Waals surface area contributed by atoms with Crippen LogP contribution >= 0.6 is 0 Å². The van der Waals surface area contributed by atoms with Crippen LogP contribution in [-0.2, 0) is 0 Å². The first-order chi connectivity index (χ1) is 26.0. The fraction of sp³-hybridized carbons (Fsp3) is 1.00. The molecule has 0 bridgehead atoms. The first kappa shape index (κ1) is 68.7. The van der Waals surface area contributed by atoms with Gasteiger partial charge in [-0.2, -0.15) is 0 Å². The summed E-state index contributed by atoms with van der Waals surface area (Å²) in [5.41, 5.74) is 0. The van der Waals surface area contributed by atoms with E-state index >= 15 is 0 Å². The van der Waals surface area contributed by atoms with Crippen LogP contribution in [0.1, 0.15) is 265 Å². The molecule has 0 heterocycles. The van der Waals surface area contributed by atoms with Crippen molar-refractivity contribution < 1.29 is 0 Å². The zero-order valence-corrected chi connectivity index (χ0v) is 46.8. The molecule has 0 N–H and O–H groups in total. The third-order valence-corrected chi connectivity index (χ3v) is 13.4. The lowest BCUT2D eigenvalue weighted by atomic mass is 9.78. The van der Waals surface area contributed by atoms with Crippen molar-refractivity contribution in [1.29, 1.82) is 0 Å². The Hall–Kier alpha value is 0. The molecule has 0 amide bonds. The topological polar surface area (TPSA) is 0 Å². The molecule has 0 fully saturated rings. The Morgan fingerprint density at radius 1 is 0.263 bits per heavy atom. The summed E-state index contributed by atoms with van der Waals surface area (Å²) >= 11 is 0. The summed E-state index contributed by atoms with van der Waals surface area (Å²) in [7, 11) is 0. The zero-order chi connectivity index (χ0) is 46.8. The predicted molar refractivity (Wildman–Crippen MR) is 275 cm³/mol. The molecule has 0 spiro atoms. The molecule has 0 aromatic rings. The molecule has 1 unspecified atom stereocenters. The number of hydrogen-bond donors (Lipinski definition) is 0. The van der Waals surface area contributed by atoms with Gasteiger partial charge in [0.05, 0.1) is 0 Å². The maximum atomic E-state index is 2.34. The van der Waals surface area contributed by atoms with E-state index in [-0.39, 0.29) is 0 Å². The molecule has 0 rings (SSSR count). The van der Waals surface area contributed by atoms with Crippen LogP contribution in [-0.4, -0.2) is 0 Å². The minimum Gasteiger partial charge on any atom is -0.0654 e. The molecule has 0 heteroatoms. The molecule has 354 valence electrons. The molecule has 0 aliphatic rings. The van der Waals surface area contributed by atoms with Gasteiger partial charge in [0.1, 0.15) is 0 Å². The van der Waals surface area contributed by atoms with Crippen LogP contribution in [0, 0.1) is 107 Å². The fourth-order valence-electron chi connectivity index (χ4n) is 9.63. The second kappa shape index (κ2) is 42.7. The Morgan fingerprint density at radius 3 is 0.632 bits per heavy atom. The van der Waals surface area contributed by atoms with Crippen LogP contribution < -0.4 is 0 Å². The summed E-state index contributed by atoms with van der Waals surface area (Å²) in [6.45, 7) is 69.4. The second-order valence-electron chi connectivity index (χ2n) is 22.8. The summed E-state index contributed by atoms with van der Waals surface area (Å²) in [6.07, 6.45) is 12.3. The number of hydrogen-bond acceptors (Lipinski definition) is 0. The van der Waals surface area contributed by atoms with Gasteiger partial charge in [-0.3, -0.25) is 0 Å². The van der Waals surface area contributed by atoms with E-state index in [4.69, 9.17) is 0 Å². The van der Waals surface area contributed by atoms with Crippen molar-refractivity contribution in [3.8, 4) is 0 Å². The third kappa shape index (κ3) is 43.9. The highest BCUT2D eigenvalue weighted by atomic mass is 14.3. The zero-order valence-electron chi connectivity index (χ0n) is 46.8. The normalized spacial score (nSPS) is 12.5. The van der Waals surface area contributed by atoms with Gasteiger partial charge >= 0.3 is 0 Å². The summed E-state index contributed by atoms with van der Waals surface area (Å²) in [6, 6.07) is 0. The summed E-state index contributed by atoms with van der Waals surface area (Å²) in [5.74, 6) is 15.8. The molecule has 57 heavy (non-hydrogen) atoms. The molecule has 0 aliphatic heterocycles. The standard InChI is InChI=1S/4C10H22.C9H20.C8H18/c1-7(2)10(8(3)4)9(5)6;1-6-10(9(4)5)7-8(2)3;1-6-7-10(8(2)3)9(4)5;1-5-7-10(8-6-2)9(3)4;1-6-9(7(2)3)8(4)5;1-6(2)8(5)7(3)4/h7-10H,1-6H3;2*8-10H,6-7H2,1-5H3;9-10H,5-8H2,1-4H3;7-9H,6H2,1-5H3;6-8H,1-5H3. The lowest BCUT2D eigenvalue weighted by Gasteiger charge is -2.28. The molecule has 0 radical (unpaired) electrons. The van der Waals surface area contributed by atoms with Crippen LogP contribution in [0.5, 0.6) is 0 Å². The molecular formula is C57H126. The van der Waals surface area contributed by atoms with E-state index in [1.54, 1.807) is 0 Å². The second-order valence-corrected chi connectivity index (χ2v) is 22.8. The van der Waals surface area contributed by atoms with Gasteiger partial charge in [0.15, 0.2) is 0 Å². The van der Waals surface area contributed by atoms with E-state index in [1.807, 2.05) is 0 Å². The van der Waals surface area contributed by atoms with E-state index in [1.165, 1.54) is 57.8 Å². The van der Waals surface area contributed by atoms with Gasteiger partial charge in [-0.25, -0.2) is 0 Å². The minimum absolute atomic E-state index is 0.833. The van der Waals surface area contributed by atoms with Gasteiger partial charge in [0.25, 0.3) is 0 Å². The molecule has 0 nitrogen and oxygen atoms in total.